The maximum atomic E-state index is 2.95. The molecule has 2 nitrogen and oxygen atoms in total. The minimum absolute atomic E-state index is 0. The summed E-state index contributed by atoms with van der Waals surface area (Å²) in [5.41, 5.74) is 7.48. The van der Waals surface area contributed by atoms with Crippen molar-refractivity contribution in [1.29, 1.82) is 0 Å². The molecule has 0 aliphatic heterocycles. The van der Waals surface area contributed by atoms with E-state index in [4.69, 9.17) is 0 Å². The van der Waals surface area contributed by atoms with Gasteiger partial charge in [-0.2, -0.15) is 0 Å². The van der Waals surface area contributed by atoms with Gasteiger partial charge in [0.25, 0.3) is 0 Å². The van der Waals surface area contributed by atoms with E-state index in [0.717, 1.165) is 31.4 Å². The Kier molecular flexibility index (Phi) is 13.5. The van der Waals surface area contributed by atoms with Crippen LogP contribution in [0.15, 0.2) is 242 Å². The molecule has 1 heterocycles. The van der Waals surface area contributed by atoms with Gasteiger partial charge < -0.3 is 24.0 Å². The molecule has 0 amide bonds. The summed E-state index contributed by atoms with van der Waals surface area (Å²) in [7, 11) is 0. The van der Waals surface area contributed by atoms with E-state index in [1.54, 1.807) is 0 Å². The molecule has 0 unspecified atom stereocenters. The monoisotopic (exact) mass is 1090 g/mol. The Labute approximate surface area is 411 Å². The van der Waals surface area contributed by atoms with Crippen molar-refractivity contribution in [3.05, 3.63) is 248 Å². The summed E-state index contributed by atoms with van der Waals surface area (Å²) in [5.74, 6) is 0.954. The second-order valence-corrected chi connectivity index (χ2v) is 28.2. The van der Waals surface area contributed by atoms with Crippen LogP contribution in [0.2, 0.25) is 0 Å². The number of rotatable bonds is 14. The van der Waals surface area contributed by atoms with Crippen molar-refractivity contribution in [1.82, 2.24) is 4.57 Å². The molecule has 0 saturated carbocycles. The Bertz CT molecular complexity index is 2900. The van der Waals surface area contributed by atoms with Crippen molar-refractivity contribution in [2.45, 2.75) is 24.7 Å². The molecule has 0 atom stereocenters. The fraction of sp³-hybridized carbons (Fsp3) is 0.0862. The number of halogens is 2. The van der Waals surface area contributed by atoms with E-state index in [2.05, 4.69) is 268 Å². The zero-order chi connectivity index (χ0) is 42.5. The molecule has 6 heteroatoms. The Morgan fingerprint density at radius 3 is 1.39 bits per heavy atom. The molecule has 10 rings (SSSR count). The fourth-order valence-electron chi connectivity index (χ4n) is 9.43. The standard InChI is InChI=1S/C58H49IN2PS.HI/c59-62(53-29-10-3-11-30-53,54-31-12-4-13-32-54,55-33-14-5-15-34-55)39-20-40-63-58-60(43-45-35-37-47-21-16-18-27-51(47)41-45)56(49-23-6-1-7-24-49)57(50-25-8-2-9-26-50)61(58)44-46-36-38-48-22-17-19-28-52(48)42-46;/h1-19,21-38,41-42H,20,39-40,43-44H2;1H/q+1;/p-1. The van der Waals surface area contributed by atoms with Crippen LogP contribution in [0.4, 0.5) is 0 Å². The number of hydrogen-bond acceptors (Lipinski definition) is 1. The summed E-state index contributed by atoms with van der Waals surface area (Å²) in [4.78, 5) is 0. The molecule has 0 N–H and O–H groups in total. The van der Waals surface area contributed by atoms with Gasteiger partial charge >= 0.3 is 379 Å². The summed E-state index contributed by atoms with van der Waals surface area (Å²) in [6.07, 6.45) is 2.08. The third kappa shape index (κ3) is 8.60. The molecular weight excluding hydrogens is 1040 g/mol. The van der Waals surface area contributed by atoms with Crippen LogP contribution in [0.3, 0.4) is 0 Å². The van der Waals surface area contributed by atoms with Crippen molar-refractivity contribution >= 4 is 75.5 Å². The van der Waals surface area contributed by atoms with Gasteiger partial charge in [-0.25, -0.2) is 0 Å². The van der Waals surface area contributed by atoms with Gasteiger partial charge in [0.05, 0.1) is 0 Å². The number of nitrogens with zero attached hydrogens (tertiary/aromatic N) is 2. The third-order valence-corrected chi connectivity index (χ3v) is 25.4. The third-order valence-electron chi connectivity index (χ3n) is 12.5. The first-order valence-electron chi connectivity index (χ1n) is 21.8. The maximum absolute atomic E-state index is 2.96. The van der Waals surface area contributed by atoms with Gasteiger partial charge in [0, 0.05) is 0 Å². The minimum atomic E-state index is -2.96. The largest absolute Gasteiger partial charge is 1.00 e. The van der Waals surface area contributed by atoms with Crippen LogP contribution < -0.4 is 44.5 Å². The number of imidazole rings is 1. The molecule has 0 spiro atoms. The average Bonchev–Trinajstić information content (AvgIpc) is 3.65. The van der Waals surface area contributed by atoms with Gasteiger partial charge in [-0.3, -0.25) is 0 Å². The van der Waals surface area contributed by atoms with Gasteiger partial charge in [0.2, 0.25) is 0 Å². The molecule has 10 aromatic rings. The van der Waals surface area contributed by atoms with E-state index in [1.165, 1.54) is 76.3 Å². The molecule has 0 saturated heterocycles. The molecule has 0 aliphatic rings. The molecule has 0 aliphatic carbocycles. The summed E-state index contributed by atoms with van der Waals surface area (Å²) >= 11 is 4.96. The first-order valence-corrected chi connectivity index (χ1v) is 28.0. The predicted octanol–water partition coefficient (Wildman–Crippen LogP) is 10.9. The van der Waals surface area contributed by atoms with Crippen LogP contribution in [0.25, 0.3) is 44.1 Å². The molecule has 0 fully saturated rings. The van der Waals surface area contributed by atoms with Crippen molar-refractivity contribution in [2.75, 3.05) is 11.9 Å². The van der Waals surface area contributed by atoms with Gasteiger partial charge in [-0.05, 0) is 0 Å². The number of hydrogen-bond donors (Lipinski definition) is 0. The fourth-order valence-corrected chi connectivity index (χ4v) is 19.5. The Balaban J connectivity index is 0.00000518. The van der Waals surface area contributed by atoms with Crippen LogP contribution >= 0.6 is 38.0 Å². The zero-order valence-corrected chi connectivity index (χ0v) is 41.6. The second kappa shape index (κ2) is 19.6. The summed E-state index contributed by atoms with van der Waals surface area (Å²) < 4.78 is 2.30. The molecule has 64 heavy (non-hydrogen) atoms. The van der Waals surface area contributed by atoms with Crippen LogP contribution in [0.1, 0.15) is 17.5 Å². The molecular formula is C58H49I2N2PS. The average molecular weight is 1090 g/mol. The van der Waals surface area contributed by atoms with Gasteiger partial charge in [0.1, 0.15) is 0 Å². The zero-order valence-electron chi connectivity index (χ0n) is 35.6. The first-order chi connectivity index (χ1) is 31.1. The van der Waals surface area contributed by atoms with E-state index >= 15 is 0 Å². The van der Waals surface area contributed by atoms with E-state index in [1.807, 2.05) is 11.8 Å². The summed E-state index contributed by atoms with van der Waals surface area (Å²) in [5, 5.41) is 10.6. The van der Waals surface area contributed by atoms with Crippen molar-refractivity contribution in [3.63, 3.8) is 0 Å². The molecule has 0 bridgehead atoms. The Hall–Kier alpha value is -5.05. The van der Waals surface area contributed by atoms with Crippen LogP contribution in [0, 0.1) is 0 Å². The molecule has 316 valence electrons. The summed E-state index contributed by atoms with van der Waals surface area (Å²) in [6.45, 7) is 1.48. The van der Waals surface area contributed by atoms with Crippen LogP contribution in [-0.4, -0.2) is 16.5 Å². The molecule has 1 aromatic heterocycles. The van der Waals surface area contributed by atoms with Gasteiger partial charge in [-0.1, -0.05) is 12.1 Å². The minimum Gasteiger partial charge on any atom is -1.00 e. The Morgan fingerprint density at radius 2 is 0.875 bits per heavy atom. The van der Waals surface area contributed by atoms with Gasteiger partial charge in [-0.15, -0.1) is 0 Å². The summed E-state index contributed by atoms with van der Waals surface area (Å²) in [6, 6.07) is 87.6. The number of aromatic nitrogens is 2. The molecule has 9 aromatic carbocycles. The normalized spacial score (nSPS) is 12.1. The van der Waals surface area contributed by atoms with E-state index in [-0.39, 0.29) is 24.0 Å². The molecule has 0 radical (unpaired) electrons. The Morgan fingerprint density at radius 1 is 0.453 bits per heavy atom. The van der Waals surface area contributed by atoms with Crippen LogP contribution in [-0.2, 0) is 13.1 Å². The first kappa shape index (κ1) is 44.2. The SMILES string of the molecule is IP(CCCSc1n(Cc2ccc3ccccc3c2)c(-c2ccccc2)c(-c2ccccc2)[n+]1Cc1ccc2ccccc2c1)(c1ccccc1)(c1ccccc1)c1ccccc1.[I-]. The number of benzene rings is 9. The smallest absolute Gasteiger partial charge is 1.00 e. The number of fused-ring (bicyclic) bond motifs is 2. The van der Waals surface area contributed by atoms with Crippen molar-refractivity contribution in [3.8, 4) is 22.5 Å². The van der Waals surface area contributed by atoms with Crippen LogP contribution in [0.5, 0.6) is 0 Å². The topological polar surface area (TPSA) is 8.81 Å². The quantitative estimate of drug-likeness (QED) is 0.0347. The maximum Gasteiger partial charge on any atom is -1.00 e. The van der Waals surface area contributed by atoms with E-state index in [0.29, 0.717) is 0 Å². The predicted molar refractivity (Wildman–Crippen MR) is 281 cm³/mol. The van der Waals surface area contributed by atoms with Gasteiger partial charge in [0.15, 0.2) is 0 Å². The van der Waals surface area contributed by atoms with E-state index < -0.39 is 4.25 Å². The second-order valence-electron chi connectivity index (χ2n) is 16.4. The number of thioether (sulfide) groups is 1. The van der Waals surface area contributed by atoms with Crippen molar-refractivity contribution in [2.24, 2.45) is 0 Å². The van der Waals surface area contributed by atoms with E-state index in [9.17, 15) is 0 Å². The van der Waals surface area contributed by atoms with Crippen molar-refractivity contribution < 1.29 is 28.5 Å².